The Morgan fingerprint density at radius 3 is 2.85 bits per heavy atom. The molecule has 2 heterocycles. The number of nitrogens with zero attached hydrogens (tertiary/aromatic N) is 1. The molecule has 0 amide bonds. The summed E-state index contributed by atoms with van der Waals surface area (Å²) in [4.78, 5) is 2.80. The number of thioether (sulfide) groups is 1. The first-order valence-corrected chi connectivity index (χ1v) is 6.89. The fourth-order valence-corrected chi connectivity index (χ4v) is 4.58. The van der Waals surface area contributed by atoms with E-state index < -0.39 is 0 Å². The molecule has 1 nitrogen and oxygen atoms in total. The van der Waals surface area contributed by atoms with Crippen molar-refractivity contribution in [2.75, 3.05) is 24.6 Å². The van der Waals surface area contributed by atoms with Crippen LogP contribution in [0.15, 0.2) is 0 Å². The van der Waals surface area contributed by atoms with Crippen molar-refractivity contribution in [3.05, 3.63) is 0 Å². The van der Waals surface area contributed by atoms with E-state index >= 15 is 0 Å². The second-order valence-electron chi connectivity index (χ2n) is 5.02. The monoisotopic (exact) mass is 197 g/mol. The van der Waals surface area contributed by atoms with E-state index in [2.05, 4.69) is 16.7 Å². The van der Waals surface area contributed by atoms with Gasteiger partial charge in [0.25, 0.3) is 0 Å². The number of rotatable bonds is 2. The first kappa shape index (κ1) is 8.60. The molecule has 3 atom stereocenters. The third-order valence-corrected chi connectivity index (χ3v) is 5.27. The molecule has 3 aliphatic rings. The van der Waals surface area contributed by atoms with Crippen LogP contribution < -0.4 is 0 Å². The summed E-state index contributed by atoms with van der Waals surface area (Å²) in [7, 11) is 0. The number of hydrogen-bond donors (Lipinski definition) is 0. The van der Waals surface area contributed by atoms with Gasteiger partial charge >= 0.3 is 0 Å². The second-order valence-corrected chi connectivity index (χ2v) is 6.17. The van der Waals surface area contributed by atoms with Crippen molar-refractivity contribution < 1.29 is 0 Å². The molecular formula is C11H19NS. The van der Waals surface area contributed by atoms with Gasteiger partial charge in [-0.2, -0.15) is 11.8 Å². The molecular weight excluding hydrogens is 178 g/mol. The Hall–Kier alpha value is 0.310. The molecule has 3 unspecified atom stereocenters. The lowest BCUT2D eigenvalue weighted by molar-refractivity contribution is 0.188. The van der Waals surface area contributed by atoms with Crippen LogP contribution in [0.4, 0.5) is 0 Å². The van der Waals surface area contributed by atoms with E-state index in [-0.39, 0.29) is 0 Å². The zero-order chi connectivity index (χ0) is 8.67. The maximum Gasteiger partial charge on any atom is 0.00987 e. The number of fused-ring (bicyclic) bond motifs is 2. The molecule has 3 rings (SSSR count). The highest BCUT2D eigenvalue weighted by molar-refractivity contribution is 7.99. The SMILES string of the molecule is C1CC(CN2CC3CCC2C3)CS1. The standard InChI is InChI=1S/C11H19NS/c1-2-11-5-9(1)6-12(11)7-10-3-4-13-8-10/h9-11H,1-8H2. The van der Waals surface area contributed by atoms with E-state index in [1.165, 1.54) is 50.3 Å². The summed E-state index contributed by atoms with van der Waals surface area (Å²) in [5.74, 6) is 4.98. The maximum atomic E-state index is 2.80. The van der Waals surface area contributed by atoms with Crippen LogP contribution in [0.25, 0.3) is 0 Å². The highest BCUT2D eigenvalue weighted by Crippen LogP contribution is 2.38. The Balaban J connectivity index is 1.55. The van der Waals surface area contributed by atoms with Crippen LogP contribution in [0.1, 0.15) is 25.7 Å². The smallest absolute Gasteiger partial charge is 0.00987 e. The third kappa shape index (κ3) is 1.63. The Bertz CT molecular complexity index is 189. The largest absolute Gasteiger partial charge is 0.300 e. The minimum absolute atomic E-state index is 0.996. The Labute approximate surface area is 85.3 Å². The molecule has 1 aliphatic carbocycles. The molecule has 2 heteroatoms. The fraction of sp³-hybridized carbons (Fsp3) is 1.00. The van der Waals surface area contributed by atoms with E-state index in [0.29, 0.717) is 0 Å². The second kappa shape index (κ2) is 3.47. The van der Waals surface area contributed by atoms with Gasteiger partial charge < -0.3 is 0 Å². The molecule has 0 aromatic carbocycles. The fourth-order valence-electron chi connectivity index (χ4n) is 3.31. The van der Waals surface area contributed by atoms with Crippen LogP contribution in [0, 0.1) is 11.8 Å². The minimum Gasteiger partial charge on any atom is -0.300 e. The van der Waals surface area contributed by atoms with Crippen LogP contribution in [0.5, 0.6) is 0 Å². The summed E-state index contributed by atoms with van der Waals surface area (Å²) in [5.41, 5.74) is 0. The number of hydrogen-bond acceptors (Lipinski definition) is 2. The van der Waals surface area contributed by atoms with Crippen LogP contribution in [0.3, 0.4) is 0 Å². The summed E-state index contributed by atoms with van der Waals surface area (Å²) >= 11 is 2.16. The summed E-state index contributed by atoms with van der Waals surface area (Å²) in [5, 5.41) is 0. The van der Waals surface area contributed by atoms with Gasteiger partial charge in [-0.15, -0.1) is 0 Å². The first-order valence-electron chi connectivity index (χ1n) is 5.73. The van der Waals surface area contributed by atoms with Gasteiger partial charge in [0, 0.05) is 19.1 Å². The van der Waals surface area contributed by atoms with Gasteiger partial charge in [0.15, 0.2) is 0 Å². The molecule has 2 saturated heterocycles. The highest BCUT2D eigenvalue weighted by atomic mass is 32.2. The van der Waals surface area contributed by atoms with Crippen LogP contribution in [-0.4, -0.2) is 35.5 Å². The van der Waals surface area contributed by atoms with Crippen molar-refractivity contribution in [3.63, 3.8) is 0 Å². The zero-order valence-electron chi connectivity index (χ0n) is 8.24. The van der Waals surface area contributed by atoms with E-state index in [1.54, 1.807) is 0 Å². The quantitative estimate of drug-likeness (QED) is 0.668. The lowest BCUT2D eigenvalue weighted by atomic mass is 10.1. The predicted octanol–water partition coefficient (Wildman–Crippen LogP) is 2.22. The molecule has 2 bridgehead atoms. The zero-order valence-corrected chi connectivity index (χ0v) is 9.06. The van der Waals surface area contributed by atoms with Crippen molar-refractivity contribution >= 4 is 11.8 Å². The lowest BCUT2D eigenvalue weighted by Crippen LogP contribution is -2.36. The molecule has 74 valence electrons. The molecule has 1 saturated carbocycles. The van der Waals surface area contributed by atoms with Gasteiger partial charge in [-0.3, -0.25) is 4.90 Å². The van der Waals surface area contributed by atoms with Crippen molar-refractivity contribution in [1.29, 1.82) is 0 Å². The molecule has 0 radical (unpaired) electrons. The summed E-state index contributed by atoms with van der Waals surface area (Å²) < 4.78 is 0. The summed E-state index contributed by atoms with van der Waals surface area (Å²) in [6.07, 6.45) is 6.05. The van der Waals surface area contributed by atoms with Crippen molar-refractivity contribution in [1.82, 2.24) is 4.90 Å². The van der Waals surface area contributed by atoms with E-state index in [0.717, 1.165) is 17.9 Å². The topological polar surface area (TPSA) is 3.24 Å². The van der Waals surface area contributed by atoms with E-state index in [9.17, 15) is 0 Å². The summed E-state index contributed by atoms with van der Waals surface area (Å²) in [6, 6.07) is 0.996. The van der Waals surface area contributed by atoms with Crippen molar-refractivity contribution in [3.8, 4) is 0 Å². The third-order valence-electron chi connectivity index (χ3n) is 4.04. The van der Waals surface area contributed by atoms with Crippen LogP contribution >= 0.6 is 11.8 Å². The highest BCUT2D eigenvalue weighted by Gasteiger charge is 2.38. The Morgan fingerprint density at radius 2 is 2.23 bits per heavy atom. The van der Waals surface area contributed by atoms with Crippen molar-refractivity contribution in [2.24, 2.45) is 11.8 Å². The van der Waals surface area contributed by atoms with Crippen molar-refractivity contribution in [2.45, 2.75) is 31.7 Å². The average Bonchev–Trinajstić information content (AvgIpc) is 2.77. The average molecular weight is 197 g/mol. The van der Waals surface area contributed by atoms with E-state index in [4.69, 9.17) is 0 Å². The van der Waals surface area contributed by atoms with E-state index in [1.807, 2.05) is 0 Å². The molecule has 0 aromatic heterocycles. The first-order chi connectivity index (χ1) is 6.42. The number of piperidine rings is 1. The van der Waals surface area contributed by atoms with Gasteiger partial charge in [-0.1, -0.05) is 0 Å². The van der Waals surface area contributed by atoms with Gasteiger partial charge in [0.1, 0.15) is 0 Å². The van der Waals surface area contributed by atoms with Gasteiger partial charge in [0.2, 0.25) is 0 Å². The van der Waals surface area contributed by atoms with Gasteiger partial charge in [-0.05, 0) is 49.0 Å². The van der Waals surface area contributed by atoms with Gasteiger partial charge in [0.05, 0.1) is 0 Å². The molecule has 0 spiro atoms. The molecule has 0 aromatic rings. The summed E-state index contributed by atoms with van der Waals surface area (Å²) in [6.45, 7) is 2.86. The van der Waals surface area contributed by atoms with Crippen LogP contribution in [-0.2, 0) is 0 Å². The Kier molecular flexibility index (Phi) is 2.30. The maximum absolute atomic E-state index is 2.80. The molecule has 0 N–H and O–H groups in total. The van der Waals surface area contributed by atoms with Gasteiger partial charge in [-0.25, -0.2) is 0 Å². The predicted molar refractivity (Wildman–Crippen MR) is 58.1 cm³/mol. The lowest BCUT2D eigenvalue weighted by Gasteiger charge is -2.28. The molecule has 3 fully saturated rings. The van der Waals surface area contributed by atoms with Crippen LogP contribution in [0.2, 0.25) is 0 Å². The molecule has 13 heavy (non-hydrogen) atoms. The minimum atomic E-state index is 0.996. The Morgan fingerprint density at radius 1 is 1.23 bits per heavy atom. The normalized spacial score (nSPS) is 44.8. The number of likely N-dealkylation sites (tertiary alicyclic amines) is 1. The molecule has 2 aliphatic heterocycles.